The Bertz CT molecular complexity index is 1020. The van der Waals surface area contributed by atoms with Gasteiger partial charge in [-0.3, -0.25) is 0 Å². The van der Waals surface area contributed by atoms with Crippen molar-refractivity contribution in [2.75, 3.05) is 14.2 Å². The van der Waals surface area contributed by atoms with Crippen LogP contribution < -0.4 is 14.7 Å². The van der Waals surface area contributed by atoms with Crippen molar-refractivity contribution in [3.05, 3.63) is 109 Å². The fraction of sp³-hybridized carbons (Fsp3) is 0.125. The van der Waals surface area contributed by atoms with Gasteiger partial charge in [-0.15, -0.1) is 0 Å². The summed E-state index contributed by atoms with van der Waals surface area (Å²) in [4.78, 5) is 4.37. The summed E-state index contributed by atoms with van der Waals surface area (Å²) in [5.74, 6) is 1.65. The molecule has 5 heteroatoms. The minimum absolute atomic E-state index is 0.423. The van der Waals surface area contributed by atoms with E-state index >= 15 is 0 Å². The molecule has 0 N–H and O–H groups in total. The summed E-state index contributed by atoms with van der Waals surface area (Å²) in [6.45, 7) is 0. The molecule has 1 aromatic heterocycles. The van der Waals surface area contributed by atoms with Crippen LogP contribution in [0.3, 0.4) is 0 Å². The van der Waals surface area contributed by atoms with Gasteiger partial charge in [-0.1, -0.05) is 59.8 Å². The molecule has 2 radical (unpaired) electrons. The van der Waals surface area contributed by atoms with Crippen LogP contribution in [0.2, 0.25) is 0 Å². The van der Waals surface area contributed by atoms with E-state index in [4.69, 9.17) is 9.47 Å². The zero-order valence-corrected chi connectivity index (χ0v) is 17.4. The maximum atomic E-state index is 5.55. The molecule has 0 atom stereocenters. The molecule has 4 aromatic rings. The molecule has 29 heavy (non-hydrogen) atoms. The van der Waals surface area contributed by atoms with E-state index in [2.05, 4.69) is 58.1 Å². The molecular weight excluding hydrogens is 376 g/mol. The summed E-state index contributed by atoms with van der Waals surface area (Å²) in [5.41, 5.74) is 2.26. The first-order valence-corrected chi connectivity index (χ1v) is 10.4. The fourth-order valence-corrected chi connectivity index (χ4v) is 5.20. The Morgan fingerprint density at radius 3 is 1.93 bits per heavy atom. The van der Waals surface area contributed by atoms with Crippen LogP contribution in [0.1, 0.15) is 11.1 Å². The third-order valence-corrected chi connectivity index (χ3v) is 6.79. The van der Waals surface area contributed by atoms with Gasteiger partial charge in [-0.05, 0) is 35.4 Å². The van der Waals surface area contributed by atoms with Crippen molar-refractivity contribution >= 4 is 14.7 Å². The largest absolute Gasteiger partial charge is 0.497 e. The Labute approximate surface area is 173 Å². The predicted octanol–water partition coefficient (Wildman–Crippen LogP) is 3.68. The van der Waals surface area contributed by atoms with Crippen LogP contribution in [0.15, 0.2) is 97.6 Å². The van der Waals surface area contributed by atoms with Gasteiger partial charge in [0.1, 0.15) is 21.0 Å². The summed E-state index contributed by atoms with van der Waals surface area (Å²) in [6, 6.07) is 27.1. The van der Waals surface area contributed by atoms with Crippen LogP contribution in [-0.2, 0) is 5.16 Å². The number of imidazole rings is 1. The van der Waals surface area contributed by atoms with Crippen molar-refractivity contribution in [2.45, 2.75) is 5.16 Å². The summed E-state index contributed by atoms with van der Waals surface area (Å²) in [6.07, 6.45) is 5.73. The monoisotopic (exact) mass is 398 g/mol. The highest BCUT2D eigenvalue weighted by Crippen LogP contribution is 2.36. The molecule has 0 amide bonds. The average Bonchev–Trinajstić information content (AvgIpc) is 3.33. The highest BCUT2D eigenvalue weighted by atomic mass is 28.2. The zero-order valence-electron chi connectivity index (χ0n) is 16.4. The third-order valence-electron chi connectivity index (χ3n) is 4.97. The molecule has 0 saturated heterocycles. The first-order chi connectivity index (χ1) is 14.3. The lowest BCUT2D eigenvalue weighted by Gasteiger charge is -2.36. The van der Waals surface area contributed by atoms with Crippen LogP contribution >= 0.6 is 0 Å². The number of methoxy groups -OCH3 is 2. The number of hydrogen-bond donors (Lipinski definition) is 0. The van der Waals surface area contributed by atoms with Crippen molar-refractivity contribution in [1.29, 1.82) is 0 Å². The van der Waals surface area contributed by atoms with E-state index in [-0.39, 0.29) is 0 Å². The van der Waals surface area contributed by atoms with Gasteiger partial charge >= 0.3 is 0 Å². The fourth-order valence-electron chi connectivity index (χ4n) is 3.56. The minimum atomic E-state index is -0.485. The minimum Gasteiger partial charge on any atom is -0.497 e. The van der Waals surface area contributed by atoms with Gasteiger partial charge < -0.3 is 14.0 Å². The van der Waals surface area contributed by atoms with E-state index in [1.807, 2.05) is 49.1 Å². The maximum Gasteiger partial charge on any atom is 0.127 e. The lowest BCUT2D eigenvalue weighted by Crippen LogP contribution is -2.46. The zero-order chi connectivity index (χ0) is 20.1. The summed E-state index contributed by atoms with van der Waals surface area (Å²) in [7, 11) is 3.82. The number of aromatic nitrogens is 2. The molecule has 0 unspecified atom stereocenters. The topological polar surface area (TPSA) is 36.3 Å². The van der Waals surface area contributed by atoms with Crippen LogP contribution in [0.5, 0.6) is 11.5 Å². The molecule has 0 aliphatic carbocycles. The Morgan fingerprint density at radius 2 is 1.41 bits per heavy atom. The molecule has 0 aliphatic rings. The van der Waals surface area contributed by atoms with Crippen molar-refractivity contribution in [2.24, 2.45) is 0 Å². The van der Waals surface area contributed by atoms with Crippen molar-refractivity contribution in [1.82, 2.24) is 9.55 Å². The lowest BCUT2D eigenvalue weighted by atomic mass is 9.96. The molecule has 4 rings (SSSR count). The lowest BCUT2D eigenvalue weighted by molar-refractivity contribution is 0.411. The van der Waals surface area contributed by atoms with E-state index in [1.54, 1.807) is 14.2 Å². The van der Waals surface area contributed by atoms with E-state index < -0.39 is 5.16 Å². The van der Waals surface area contributed by atoms with Gasteiger partial charge in [-0.2, -0.15) is 0 Å². The Kier molecular flexibility index (Phi) is 5.49. The van der Waals surface area contributed by atoms with Crippen LogP contribution in [0, 0.1) is 0 Å². The number of nitrogens with zero attached hydrogens (tertiary/aromatic N) is 2. The van der Waals surface area contributed by atoms with Crippen LogP contribution in [-0.4, -0.2) is 33.3 Å². The number of rotatable bonds is 7. The molecule has 3 aromatic carbocycles. The molecule has 0 saturated carbocycles. The van der Waals surface area contributed by atoms with E-state index in [9.17, 15) is 0 Å². The predicted molar refractivity (Wildman–Crippen MR) is 116 cm³/mol. The van der Waals surface area contributed by atoms with Gasteiger partial charge in [0.2, 0.25) is 0 Å². The SMILES string of the molecule is COc1cccc(C([Si]c2ccccc2)(c2cccc(OC)c2)n2ccnc2)c1. The van der Waals surface area contributed by atoms with E-state index in [0.29, 0.717) is 9.52 Å². The second kappa shape index (κ2) is 8.37. The Morgan fingerprint density at radius 1 is 0.793 bits per heavy atom. The second-order valence-corrected chi connectivity index (χ2v) is 8.19. The van der Waals surface area contributed by atoms with Gasteiger partial charge in [0.15, 0.2) is 0 Å². The number of benzene rings is 3. The molecule has 144 valence electrons. The normalized spacial score (nSPS) is 11.2. The van der Waals surface area contributed by atoms with Gasteiger partial charge in [0, 0.05) is 12.4 Å². The van der Waals surface area contributed by atoms with Gasteiger partial charge in [-0.25, -0.2) is 4.98 Å². The van der Waals surface area contributed by atoms with Crippen LogP contribution in [0.4, 0.5) is 0 Å². The summed E-state index contributed by atoms with van der Waals surface area (Å²) >= 11 is 0. The van der Waals surface area contributed by atoms with Crippen molar-refractivity contribution < 1.29 is 9.47 Å². The maximum absolute atomic E-state index is 5.55. The van der Waals surface area contributed by atoms with Crippen molar-refractivity contribution in [3.8, 4) is 11.5 Å². The highest BCUT2D eigenvalue weighted by molar-refractivity contribution is 6.57. The highest BCUT2D eigenvalue weighted by Gasteiger charge is 2.37. The summed E-state index contributed by atoms with van der Waals surface area (Å²) in [5, 5.41) is 0.771. The quantitative estimate of drug-likeness (QED) is 0.446. The van der Waals surface area contributed by atoms with Crippen LogP contribution in [0.25, 0.3) is 0 Å². The smallest absolute Gasteiger partial charge is 0.127 e. The van der Waals surface area contributed by atoms with Gasteiger partial charge in [0.05, 0.1) is 25.7 Å². The van der Waals surface area contributed by atoms with Gasteiger partial charge in [0.25, 0.3) is 0 Å². The van der Waals surface area contributed by atoms with Crippen molar-refractivity contribution in [3.63, 3.8) is 0 Å². The molecular formula is C24H22N2O2Si. The van der Waals surface area contributed by atoms with E-state index in [0.717, 1.165) is 22.6 Å². The second-order valence-electron chi connectivity index (χ2n) is 6.64. The average molecular weight is 399 g/mol. The molecule has 1 heterocycles. The Hall–Kier alpha value is -3.31. The summed E-state index contributed by atoms with van der Waals surface area (Å²) < 4.78 is 13.3. The third kappa shape index (κ3) is 3.69. The standard InChI is InChI=1S/C24H22N2O2Si/c1-27-21-10-6-8-19(16-21)24(26-15-14-25-18-26,29-23-12-4-3-5-13-23)20-9-7-11-22(17-20)28-2/h3-18H,1-2H3. The number of ether oxygens (including phenoxy) is 2. The van der Waals surface area contributed by atoms with E-state index in [1.165, 1.54) is 5.19 Å². The Balaban J connectivity index is 2.01. The molecule has 0 aliphatic heterocycles. The first-order valence-electron chi connectivity index (χ1n) is 9.37. The molecule has 0 fully saturated rings. The molecule has 4 nitrogen and oxygen atoms in total. The molecule has 0 spiro atoms. The first kappa shape index (κ1) is 19.0. The number of hydrogen-bond acceptors (Lipinski definition) is 3. The molecule has 0 bridgehead atoms.